The number of rotatable bonds is 2. The summed E-state index contributed by atoms with van der Waals surface area (Å²) in [5.41, 5.74) is 0.849. The van der Waals surface area contributed by atoms with Gasteiger partial charge < -0.3 is 10.2 Å². The van der Waals surface area contributed by atoms with E-state index in [4.69, 9.17) is 0 Å². The van der Waals surface area contributed by atoms with Gasteiger partial charge in [-0.1, -0.05) is 12.1 Å². The lowest BCUT2D eigenvalue weighted by Crippen LogP contribution is -2.38. The van der Waals surface area contributed by atoms with Crippen LogP contribution in [-0.2, 0) is 9.59 Å². The molecule has 1 N–H and O–H groups in total. The maximum atomic E-state index is 12.4. The maximum absolute atomic E-state index is 12.4. The highest BCUT2D eigenvalue weighted by Gasteiger charge is 2.30. The number of para-hydroxylation sites is 1. The fourth-order valence-corrected chi connectivity index (χ4v) is 4.50. The highest BCUT2D eigenvalue weighted by atomic mass is 32.2. The minimum Gasteiger partial charge on any atom is -0.342 e. The number of nitrogens with one attached hydrogen (secondary N) is 1. The van der Waals surface area contributed by atoms with E-state index in [0.717, 1.165) is 41.6 Å². The third-order valence-electron chi connectivity index (χ3n) is 3.64. The second-order valence-electron chi connectivity index (χ2n) is 5.14. The van der Waals surface area contributed by atoms with E-state index in [0.29, 0.717) is 0 Å². The summed E-state index contributed by atoms with van der Waals surface area (Å²) >= 11 is 3.39. The van der Waals surface area contributed by atoms with Gasteiger partial charge in [0.05, 0.1) is 10.9 Å². The molecule has 21 heavy (non-hydrogen) atoms. The average Bonchev–Trinajstić information content (AvgIpc) is 2.77. The van der Waals surface area contributed by atoms with E-state index >= 15 is 0 Å². The van der Waals surface area contributed by atoms with E-state index in [9.17, 15) is 9.59 Å². The van der Waals surface area contributed by atoms with Crippen LogP contribution in [0.3, 0.4) is 0 Å². The fourth-order valence-electron chi connectivity index (χ4n) is 2.51. The van der Waals surface area contributed by atoms with Crippen LogP contribution in [0.25, 0.3) is 0 Å². The molecule has 4 nitrogen and oxygen atoms in total. The lowest BCUT2D eigenvalue weighted by Gasteiger charge is -2.26. The summed E-state index contributed by atoms with van der Waals surface area (Å²) in [4.78, 5) is 27.5. The van der Waals surface area contributed by atoms with Crippen LogP contribution >= 0.6 is 23.5 Å². The topological polar surface area (TPSA) is 49.4 Å². The standard InChI is InChI=1S/C15H18N2O2S2/c18-14(17-6-3-8-20-9-7-17)10-13-15(19)16-11-4-1-2-5-12(11)21-13/h1-2,4-5,13H,3,6-10H2,(H,16,19). The van der Waals surface area contributed by atoms with Crippen molar-refractivity contribution in [2.75, 3.05) is 29.9 Å². The van der Waals surface area contributed by atoms with Gasteiger partial charge in [0.25, 0.3) is 0 Å². The van der Waals surface area contributed by atoms with E-state index in [1.54, 1.807) is 0 Å². The van der Waals surface area contributed by atoms with Crippen LogP contribution in [0.15, 0.2) is 29.2 Å². The van der Waals surface area contributed by atoms with Crippen molar-refractivity contribution in [3.05, 3.63) is 24.3 Å². The van der Waals surface area contributed by atoms with E-state index < -0.39 is 0 Å². The summed E-state index contributed by atoms with van der Waals surface area (Å²) in [5.74, 6) is 2.16. The molecule has 1 saturated heterocycles. The van der Waals surface area contributed by atoms with Crippen LogP contribution in [0.4, 0.5) is 5.69 Å². The van der Waals surface area contributed by atoms with Crippen molar-refractivity contribution in [1.82, 2.24) is 4.90 Å². The van der Waals surface area contributed by atoms with E-state index in [1.165, 1.54) is 11.8 Å². The Balaban J connectivity index is 1.65. The molecule has 0 aromatic heterocycles. The Bertz CT molecular complexity index is 542. The molecule has 1 atom stereocenters. The predicted molar refractivity (Wildman–Crippen MR) is 87.9 cm³/mol. The molecule has 112 valence electrons. The first-order valence-electron chi connectivity index (χ1n) is 7.16. The second kappa shape index (κ2) is 6.75. The molecule has 2 aliphatic rings. The summed E-state index contributed by atoms with van der Waals surface area (Å²) in [6, 6.07) is 7.73. The molecule has 2 aliphatic heterocycles. The van der Waals surface area contributed by atoms with Crippen LogP contribution in [-0.4, -0.2) is 46.6 Å². The largest absolute Gasteiger partial charge is 0.342 e. The van der Waals surface area contributed by atoms with Gasteiger partial charge in [-0.05, 0) is 24.3 Å². The van der Waals surface area contributed by atoms with Gasteiger partial charge in [0.15, 0.2) is 0 Å². The molecule has 1 fully saturated rings. The molecule has 0 radical (unpaired) electrons. The van der Waals surface area contributed by atoms with Gasteiger partial charge in [-0.3, -0.25) is 9.59 Å². The van der Waals surface area contributed by atoms with Crippen LogP contribution in [0, 0.1) is 0 Å². The number of carbonyl (C=O) groups is 2. The predicted octanol–water partition coefficient (Wildman–Crippen LogP) is 2.46. The zero-order chi connectivity index (χ0) is 14.7. The molecule has 1 aromatic rings. The maximum Gasteiger partial charge on any atom is 0.238 e. The third-order valence-corrected chi connectivity index (χ3v) is 5.97. The SMILES string of the molecule is O=C1Nc2ccccc2SC1CC(=O)N1CCCSCC1. The Kier molecular flexibility index (Phi) is 4.75. The molecule has 1 aromatic carbocycles. The van der Waals surface area contributed by atoms with Crippen LogP contribution in [0.1, 0.15) is 12.8 Å². The number of fused-ring (bicyclic) bond motifs is 1. The van der Waals surface area contributed by atoms with Crippen molar-refractivity contribution < 1.29 is 9.59 Å². The van der Waals surface area contributed by atoms with Gasteiger partial charge in [-0.25, -0.2) is 0 Å². The van der Waals surface area contributed by atoms with Crippen molar-refractivity contribution in [2.24, 2.45) is 0 Å². The van der Waals surface area contributed by atoms with Crippen molar-refractivity contribution in [3.8, 4) is 0 Å². The van der Waals surface area contributed by atoms with Gasteiger partial charge >= 0.3 is 0 Å². The van der Waals surface area contributed by atoms with E-state index in [-0.39, 0.29) is 23.5 Å². The molecule has 6 heteroatoms. The number of amides is 2. The monoisotopic (exact) mass is 322 g/mol. The zero-order valence-corrected chi connectivity index (χ0v) is 13.3. The summed E-state index contributed by atoms with van der Waals surface area (Å²) in [6.07, 6.45) is 1.33. The smallest absolute Gasteiger partial charge is 0.238 e. The number of anilines is 1. The molecule has 0 bridgehead atoms. The van der Waals surface area contributed by atoms with Gasteiger partial charge in [0.2, 0.25) is 11.8 Å². The van der Waals surface area contributed by atoms with Crippen molar-refractivity contribution >= 4 is 41.0 Å². The summed E-state index contributed by atoms with van der Waals surface area (Å²) in [5, 5.41) is 2.58. The summed E-state index contributed by atoms with van der Waals surface area (Å²) in [7, 11) is 0. The lowest BCUT2D eigenvalue weighted by molar-refractivity contribution is -0.132. The number of thioether (sulfide) groups is 2. The molecular weight excluding hydrogens is 304 g/mol. The van der Waals surface area contributed by atoms with Crippen LogP contribution in [0.2, 0.25) is 0 Å². The number of nitrogens with zero attached hydrogens (tertiary/aromatic N) is 1. The van der Waals surface area contributed by atoms with Crippen LogP contribution in [0.5, 0.6) is 0 Å². The van der Waals surface area contributed by atoms with Gasteiger partial charge in [0, 0.05) is 30.2 Å². The zero-order valence-electron chi connectivity index (χ0n) is 11.7. The second-order valence-corrected chi connectivity index (χ2v) is 7.61. The minimum absolute atomic E-state index is 0.0590. The Labute approximate surface area is 133 Å². The molecule has 2 amide bonds. The Morgan fingerprint density at radius 2 is 2.14 bits per heavy atom. The van der Waals surface area contributed by atoms with Crippen molar-refractivity contribution in [3.63, 3.8) is 0 Å². The first-order valence-corrected chi connectivity index (χ1v) is 9.19. The minimum atomic E-state index is -0.316. The fraction of sp³-hybridized carbons (Fsp3) is 0.467. The molecule has 0 saturated carbocycles. The highest BCUT2D eigenvalue weighted by Crippen LogP contribution is 2.36. The van der Waals surface area contributed by atoms with Gasteiger partial charge in [0.1, 0.15) is 0 Å². The average molecular weight is 322 g/mol. The van der Waals surface area contributed by atoms with Crippen LogP contribution < -0.4 is 5.32 Å². The summed E-state index contributed by atoms with van der Waals surface area (Å²) in [6.45, 7) is 1.63. The lowest BCUT2D eigenvalue weighted by atomic mass is 10.2. The number of benzene rings is 1. The van der Waals surface area contributed by atoms with Gasteiger partial charge in [-0.15, -0.1) is 11.8 Å². The van der Waals surface area contributed by atoms with E-state index in [1.807, 2.05) is 40.9 Å². The molecule has 2 heterocycles. The van der Waals surface area contributed by atoms with Crippen molar-refractivity contribution in [2.45, 2.75) is 23.0 Å². The Hall–Kier alpha value is -1.14. The van der Waals surface area contributed by atoms with E-state index in [2.05, 4.69) is 5.32 Å². The number of hydrogen-bond donors (Lipinski definition) is 1. The Morgan fingerprint density at radius 3 is 3.05 bits per heavy atom. The molecular formula is C15H18N2O2S2. The molecule has 1 unspecified atom stereocenters. The third kappa shape index (κ3) is 3.55. The normalized spacial score (nSPS) is 22.2. The molecule has 0 aliphatic carbocycles. The summed E-state index contributed by atoms with van der Waals surface area (Å²) < 4.78 is 0. The first-order chi connectivity index (χ1) is 10.2. The Morgan fingerprint density at radius 1 is 1.29 bits per heavy atom. The first kappa shape index (κ1) is 14.8. The highest BCUT2D eigenvalue weighted by molar-refractivity contribution is 8.01. The number of carbonyl (C=O) groups excluding carboxylic acids is 2. The molecule has 3 rings (SSSR count). The molecule has 0 spiro atoms. The number of hydrogen-bond acceptors (Lipinski definition) is 4. The quantitative estimate of drug-likeness (QED) is 0.909. The van der Waals surface area contributed by atoms with Gasteiger partial charge in [-0.2, -0.15) is 11.8 Å². The van der Waals surface area contributed by atoms with Crippen molar-refractivity contribution in [1.29, 1.82) is 0 Å².